The lowest BCUT2D eigenvalue weighted by atomic mass is 9.93. The van der Waals surface area contributed by atoms with Gasteiger partial charge in [0.25, 0.3) is 0 Å². The first-order chi connectivity index (χ1) is 4.63. The second kappa shape index (κ2) is 2.91. The molecule has 0 spiro atoms. The summed E-state index contributed by atoms with van der Waals surface area (Å²) in [5.41, 5.74) is 0. The molecule has 2 atom stereocenters. The minimum absolute atomic E-state index is 0.822. The summed E-state index contributed by atoms with van der Waals surface area (Å²) in [5.74, 6) is 1.73. The van der Waals surface area contributed by atoms with Crippen LogP contribution in [0.4, 0.5) is 0 Å². The van der Waals surface area contributed by atoms with Crippen molar-refractivity contribution in [3.8, 4) is 0 Å². The molecule has 0 amide bonds. The Morgan fingerprint density at radius 3 is 2.20 bits per heavy atom. The molecule has 1 rings (SSSR count). The zero-order valence-corrected chi connectivity index (χ0v) is 7.59. The number of hydrogen-bond donors (Lipinski definition) is 0. The number of nitrogens with zero attached hydrogens (tertiary/aromatic N) is 1. The van der Waals surface area contributed by atoms with Crippen molar-refractivity contribution in [2.24, 2.45) is 11.8 Å². The van der Waals surface area contributed by atoms with Crippen LogP contribution >= 0.6 is 0 Å². The molecule has 0 N–H and O–H groups in total. The van der Waals surface area contributed by atoms with Gasteiger partial charge in [0.1, 0.15) is 0 Å². The Balaban J connectivity index is 2.54. The van der Waals surface area contributed by atoms with E-state index in [-0.39, 0.29) is 0 Å². The Morgan fingerprint density at radius 2 is 2.00 bits per heavy atom. The van der Waals surface area contributed by atoms with Crippen LogP contribution in [0.1, 0.15) is 27.2 Å². The number of hydrogen-bond acceptors (Lipinski definition) is 1. The van der Waals surface area contributed by atoms with E-state index >= 15 is 0 Å². The Morgan fingerprint density at radius 1 is 1.40 bits per heavy atom. The Kier molecular flexibility index (Phi) is 2.35. The minimum atomic E-state index is 0.822. The van der Waals surface area contributed by atoms with Crippen LogP contribution in [0.25, 0.3) is 0 Å². The van der Waals surface area contributed by atoms with Crippen LogP contribution in [0, 0.1) is 11.8 Å². The van der Waals surface area contributed by atoms with Crippen molar-refractivity contribution in [3.05, 3.63) is 0 Å². The highest BCUT2D eigenvalue weighted by Gasteiger charge is 2.30. The first-order valence-corrected chi connectivity index (χ1v) is 4.33. The monoisotopic (exact) mass is 141 g/mol. The average molecular weight is 141 g/mol. The lowest BCUT2D eigenvalue weighted by molar-refractivity contribution is 0.218. The molecule has 1 fully saturated rings. The van der Waals surface area contributed by atoms with Gasteiger partial charge in [0.05, 0.1) is 0 Å². The molecule has 0 aromatic rings. The third-order valence-electron chi connectivity index (χ3n) is 2.71. The van der Waals surface area contributed by atoms with Gasteiger partial charge in [-0.2, -0.15) is 0 Å². The normalized spacial score (nSPS) is 35.7. The summed E-state index contributed by atoms with van der Waals surface area (Å²) in [6.07, 6.45) is 1.39. The maximum absolute atomic E-state index is 2.50. The summed E-state index contributed by atoms with van der Waals surface area (Å²) >= 11 is 0. The van der Waals surface area contributed by atoms with Gasteiger partial charge in [-0.05, 0) is 31.8 Å². The van der Waals surface area contributed by atoms with Gasteiger partial charge in [-0.15, -0.1) is 0 Å². The molecular formula is C9H19N. The highest BCUT2D eigenvalue weighted by molar-refractivity contribution is 4.84. The average Bonchev–Trinajstić information content (AvgIpc) is 2.11. The Hall–Kier alpha value is -0.0400. The van der Waals surface area contributed by atoms with Crippen molar-refractivity contribution >= 4 is 0 Å². The van der Waals surface area contributed by atoms with Gasteiger partial charge in [0, 0.05) is 6.04 Å². The molecule has 1 heterocycles. The molecule has 0 radical (unpaired) electrons. The molecule has 1 aliphatic heterocycles. The van der Waals surface area contributed by atoms with E-state index in [1.807, 2.05) is 0 Å². The van der Waals surface area contributed by atoms with Crippen molar-refractivity contribution in [1.82, 2.24) is 4.90 Å². The predicted molar refractivity (Wildman–Crippen MR) is 45.0 cm³/mol. The molecule has 1 aliphatic rings. The first-order valence-electron chi connectivity index (χ1n) is 4.33. The third-order valence-corrected chi connectivity index (χ3v) is 2.71. The van der Waals surface area contributed by atoms with Crippen LogP contribution < -0.4 is 0 Å². The lowest BCUT2D eigenvalue weighted by Crippen LogP contribution is -2.33. The quantitative estimate of drug-likeness (QED) is 0.539. The van der Waals surface area contributed by atoms with Gasteiger partial charge in [-0.3, -0.25) is 0 Å². The molecule has 1 heteroatoms. The van der Waals surface area contributed by atoms with Crippen molar-refractivity contribution in [1.29, 1.82) is 0 Å². The summed E-state index contributed by atoms with van der Waals surface area (Å²) in [6, 6.07) is 0.833. The van der Waals surface area contributed by atoms with Crippen molar-refractivity contribution < 1.29 is 0 Å². The van der Waals surface area contributed by atoms with E-state index in [0.29, 0.717) is 0 Å². The van der Waals surface area contributed by atoms with E-state index in [1.165, 1.54) is 13.0 Å². The van der Waals surface area contributed by atoms with Crippen LogP contribution in [-0.4, -0.2) is 24.5 Å². The molecule has 0 aromatic heterocycles. The standard InChI is InChI=1S/C9H19N/c1-7(2)9-8(3)5-6-10(9)4/h7-9H,5-6H2,1-4H3. The molecule has 60 valence electrons. The van der Waals surface area contributed by atoms with Crippen LogP contribution in [0.15, 0.2) is 0 Å². The minimum Gasteiger partial charge on any atom is -0.303 e. The number of rotatable bonds is 1. The van der Waals surface area contributed by atoms with E-state index in [4.69, 9.17) is 0 Å². The molecule has 0 saturated carbocycles. The third kappa shape index (κ3) is 1.34. The summed E-state index contributed by atoms with van der Waals surface area (Å²) in [6.45, 7) is 8.31. The van der Waals surface area contributed by atoms with Crippen molar-refractivity contribution in [2.75, 3.05) is 13.6 Å². The van der Waals surface area contributed by atoms with Crippen LogP contribution in [-0.2, 0) is 0 Å². The molecular weight excluding hydrogens is 122 g/mol. The zero-order chi connectivity index (χ0) is 7.72. The maximum atomic E-state index is 2.50. The molecule has 0 aromatic carbocycles. The summed E-state index contributed by atoms with van der Waals surface area (Å²) in [4.78, 5) is 2.50. The fourth-order valence-corrected chi connectivity index (χ4v) is 2.33. The predicted octanol–water partition coefficient (Wildman–Crippen LogP) is 1.98. The highest BCUT2D eigenvalue weighted by Crippen LogP contribution is 2.27. The fraction of sp³-hybridized carbons (Fsp3) is 1.00. The topological polar surface area (TPSA) is 3.24 Å². The van der Waals surface area contributed by atoms with Crippen LogP contribution in [0.3, 0.4) is 0 Å². The smallest absolute Gasteiger partial charge is 0.0141 e. The second-order valence-corrected chi connectivity index (χ2v) is 3.98. The van der Waals surface area contributed by atoms with Crippen LogP contribution in [0.2, 0.25) is 0 Å². The molecule has 0 aliphatic carbocycles. The van der Waals surface area contributed by atoms with E-state index in [9.17, 15) is 0 Å². The van der Waals surface area contributed by atoms with Gasteiger partial charge in [-0.25, -0.2) is 0 Å². The van der Waals surface area contributed by atoms with Crippen LogP contribution in [0.5, 0.6) is 0 Å². The maximum Gasteiger partial charge on any atom is 0.0141 e. The lowest BCUT2D eigenvalue weighted by Gasteiger charge is -2.26. The van der Waals surface area contributed by atoms with Crippen molar-refractivity contribution in [3.63, 3.8) is 0 Å². The van der Waals surface area contributed by atoms with Gasteiger partial charge < -0.3 is 4.90 Å². The SMILES string of the molecule is CC(C)C1C(C)CCN1C. The molecule has 0 bridgehead atoms. The molecule has 10 heavy (non-hydrogen) atoms. The molecule has 1 nitrogen and oxygen atoms in total. The zero-order valence-electron chi connectivity index (χ0n) is 7.59. The van der Waals surface area contributed by atoms with E-state index in [2.05, 4.69) is 32.7 Å². The summed E-state index contributed by atoms with van der Waals surface area (Å²) in [7, 11) is 2.24. The van der Waals surface area contributed by atoms with E-state index in [1.54, 1.807) is 0 Å². The highest BCUT2D eigenvalue weighted by atomic mass is 15.2. The van der Waals surface area contributed by atoms with Gasteiger partial charge in [-0.1, -0.05) is 20.8 Å². The summed E-state index contributed by atoms with van der Waals surface area (Å²) in [5, 5.41) is 0. The summed E-state index contributed by atoms with van der Waals surface area (Å²) < 4.78 is 0. The molecule has 2 unspecified atom stereocenters. The molecule has 1 saturated heterocycles. The van der Waals surface area contributed by atoms with E-state index in [0.717, 1.165) is 17.9 Å². The van der Waals surface area contributed by atoms with E-state index < -0.39 is 0 Å². The number of likely N-dealkylation sites (tertiary alicyclic amines) is 1. The largest absolute Gasteiger partial charge is 0.303 e. The van der Waals surface area contributed by atoms with Gasteiger partial charge in [0.15, 0.2) is 0 Å². The van der Waals surface area contributed by atoms with Gasteiger partial charge in [0.2, 0.25) is 0 Å². The second-order valence-electron chi connectivity index (χ2n) is 3.98. The van der Waals surface area contributed by atoms with Gasteiger partial charge >= 0.3 is 0 Å². The Bertz CT molecular complexity index is 99.3. The van der Waals surface area contributed by atoms with Crippen molar-refractivity contribution in [2.45, 2.75) is 33.2 Å². The first kappa shape index (κ1) is 8.06. The fourth-order valence-electron chi connectivity index (χ4n) is 2.33. The Labute approximate surface area is 64.4 Å².